The number of rotatable bonds is 5. The molecule has 0 saturated heterocycles. The topological polar surface area (TPSA) is 42.7 Å². The van der Waals surface area contributed by atoms with Crippen molar-refractivity contribution in [3.05, 3.63) is 47.0 Å². The van der Waals surface area contributed by atoms with E-state index in [0.717, 1.165) is 24.4 Å². The molecule has 102 valence electrons. The third kappa shape index (κ3) is 3.64. The first-order valence-electron chi connectivity index (χ1n) is 6.74. The molecular weight excluding hydrogens is 236 g/mol. The summed E-state index contributed by atoms with van der Waals surface area (Å²) in [5.41, 5.74) is 4.70. The lowest BCUT2D eigenvalue weighted by molar-refractivity contribution is 0.548. The second-order valence-electron chi connectivity index (χ2n) is 5.02. The van der Waals surface area contributed by atoms with Gasteiger partial charge in [-0.2, -0.15) is 5.10 Å². The molecule has 1 atom stereocenters. The van der Waals surface area contributed by atoms with E-state index in [1.807, 2.05) is 31.8 Å². The van der Waals surface area contributed by atoms with E-state index in [0.29, 0.717) is 6.04 Å². The van der Waals surface area contributed by atoms with Gasteiger partial charge in [0.05, 0.1) is 6.20 Å². The molecule has 0 aliphatic heterocycles. The fourth-order valence-electron chi connectivity index (χ4n) is 2.44. The van der Waals surface area contributed by atoms with Crippen LogP contribution in [-0.2, 0) is 13.5 Å². The number of aryl methyl sites for hydroxylation is 3. The summed E-state index contributed by atoms with van der Waals surface area (Å²) >= 11 is 0. The molecule has 0 aromatic carbocycles. The van der Waals surface area contributed by atoms with Gasteiger partial charge in [0.15, 0.2) is 0 Å². The Hall–Kier alpha value is -1.68. The lowest BCUT2D eigenvalue weighted by Crippen LogP contribution is -2.23. The van der Waals surface area contributed by atoms with Gasteiger partial charge in [-0.1, -0.05) is 6.92 Å². The van der Waals surface area contributed by atoms with Crippen molar-refractivity contribution in [2.24, 2.45) is 7.05 Å². The molecule has 0 radical (unpaired) electrons. The van der Waals surface area contributed by atoms with E-state index in [1.165, 1.54) is 11.1 Å². The van der Waals surface area contributed by atoms with E-state index in [-0.39, 0.29) is 0 Å². The van der Waals surface area contributed by atoms with Crippen molar-refractivity contribution >= 4 is 0 Å². The maximum atomic E-state index is 4.44. The fraction of sp³-hybridized carbons (Fsp3) is 0.467. The van der Waals surface area contributed by atoms with Crippen LogP contribution in [0.3, 0.4) is 0 Å². The van der Waals surface area contributed by atoms with Crippen LogP contribution in [0.5, 0.6) is 0 Å². The molecule has 0 aliphatic carbocycles. The van der Waals surface area contributed by atoms with E-state index >= 15 is 0 Å². The Morgan fingerprint density at radius 2 is 1.95 bits per heavy atom. The van der Waals surface area contributed by atoms with E-state index in [1.54, 1.807) is 0 Å². The number of hydrogen-bond donors (Lipinski definition) is 1. The summed E-state index contributed by atoms with van der Waals surface area (Å²) in [5.74, 6) is 0. The second kappa shape index (κ2) is 5.97. The smallest absolute Gasteiger partial charge is 0.0522 e. The molecule has 2 aromatic heterocycles. The molecule has 0 amide bonds. The highest BCUT2D eigenvalue weighted by Crippen LogP contribution is 2.19. The van der Waals surface area contributed by atoms with Crippen LogP contribution in [0.25, 0.3) is 0 Å². The van der Waals surface area contributed by atoms with Gasteiger partial charge in [-0.15, -0.1) is 0 Å². The number of pyridine rings is 1. The van der Waals surface area contributed by atoms with E-state index in [2.05, 4.69) is 40.7 Å². The predicted molar refractivity (Wildman–Crippen MR) is 77.0 cm³/mol. The number of hydrogen-bond acceptors (Lipinski definition) is 3. The molecule has 0 saturated carbocycles. The largest absolute Gasteiger partial charge is 0.310 e. The lowest BCUT2D eigenvalue weighted by atomic mass is 10.00. The lowest BCUT2D eigenvalue weighted by Gasteiger charge is -2.18. The highest BCUT2D eigenvalue weighted by molar-refractivity contribution is 5.25. The van der Waals surface area contributed by atoms with Crippen LogP contribution >= 0.6 is 0 Å². The molecule has 0 aliphatic rings. The molecule has 2 aromatic rings. The van der Waals surface area contributed by atoms with Gasteiger partial charge >= 0.3 is 0 Å². The van der Waals surface area contributed by atoms with Crippen LogP contribution in [0.1, 0.15) is 35.5 Å². The molecule has 0 fully saturated rings. The Kier molecular flexibility index (Phi) is 4.32. The Labute approximate surface area is 114 Å². The van der Waals surface area contributed by atoms with E-state index in [9.17, 15) is 0 Å². The third-order valence-corrected chi connectivity index (χ3v) is 3.15. The molecule has 4 nitrogen and oxygen atoms in total. The van der Waals surface area contributed by atoms with Gasteiger partial charge in [0.2, 0.25) is 0 Å². The molecule has 2 rings (SSSR count). The van der Waals surface area contributed by atoms with Crippen LogP contribution in [0.4, 0.5) is 0 Å². The third-order valence-electron chi connectivity index (χ3n) is 3.15. The molecule has 1 unspecified atom stereocenters. The SMILES string of the molecule is CCNC(Cc1cnn(C)c1)c1cc(C)nc(C)c1. The molecule has 1 N–H and O–H groups in total. The zero-order valence-corrected chi connectivity index (χ0v) is 12.1. The van der Waals surface area contributed by atoms with Gasteiger partial charge in [-0.25, -0.2) is 0 Å². The highest BCUT2D eigenvalue weighted by Gasteiger charge is 2.13. The van der Waals surface area contributed by atoms with Gasteiger partial charge in [-0.3, -0.25) is 9.67 Å². The summed E-state index contributed by atoms with van der Waals surface area (Å²) in [4.78, 5) is 4.44. The molecule has 0 bridgehead atoms. The minimum absolute atomic E-state index is 0.314. The van der Waals surface area contributed by atoms with Gasteiger partial charge in [0.1, 0.15) is 0 Å². The number of nitrogens with zero attached hydrogens (tertiary/aromatic N) is 3. The van der Waals surface area contributed by atoms with Crippen LogP contribution in [-0.4, -0.2) is 21.3 Å². The summed E-state index contributed by atoms with van der Waals surface area (Å²) in [6.45, 7) is 7.18. The molecule has 4 heteroatoms. The van der Waals surface area contributed by atoms with Crippen molar-refractivity contribution in [1.29, 1.82) is 0 Å². The van der Waals surface area contributed by atoms with Crippen molar-refractivity contribution in [1.82, 2.24) is 20.1 Å². The minimum Gasteiger partial charge on any atom is -0.310 e. The fourth-order valence-corrected chi connectivity index (χ4v) is 2.44. The standard InChI is InChI=1S/C15H22N4/c1-5-16-15(8-13-9-17-19(4)10-13)14-6-11(2)18-12(3)7-14/h6-7,9-10,15-16H,5,8H2,1-4H3. The first-order valence-corrected chi connectivity index (χ1v) is 6.74. The molecular formula is C15H22N4. The Morgan fingerprint density at radius 1 is 1.26 bits per heavy atom. The average Bonchev–Trinajstić information content (AvgIpc) is 2.73. The number of likely N-dealkylation sites (N-methyl/N-ethyl adjacent to an activating group) is 1. The van der Waals surface area contributed by atoms with Crippen molar-refractivity contribution in [2.45, 2.75) is 33.2 Å². The van der Waals surface area contributed by atoms with Crippen LogP contribution in [0.2, 0.25) is 0 Å². The Bertz CT molecular complexity index is 525. The Morgan fingerprint density at radius 3 is 2.47 bits per heavy atom. The first-order chi connectivity index (χ1) is 9.08. The van der Waals surface area contributed by atoms with Gasteiger partial charge in [0.25, 0.3) is 0 Å². The zero-order valence-electron chi connectivity index (χ0n) is 12.1. The normalized spacial score (nSPS) is 12.6. The first kappa shape index (κ1) is 13.7. The monoisotopic (exact) mass is 258 g/mol. The van der Waals surface area contributed by atoms with Crippen molar-refractivity contribution < 1.29 is 0 Å². The maximum absolute atomic E-state index is 4.44. The van der Waals surface area contributed by atoms with Crippen molar-refractivity contribution in [3.63, 3.8) is 0 Å². The van der Waals surface area contributed by atoms with Gasteiger partial charge in [-0.05, 0) is 50.1 Å². The van der Waals surface area contributed by atoms with Crippen molar-refractivity contribution in [2.75, 3.05) is 6.54 Å². The summed E-state index contributed by atoms with van der Waals surface area (Å²) < 4.78 is 1.85. The molecule has 2 heterocycles. The summed E-state index contributed by atoms with van der Waals surface area (Å²) in [5, 5.41) is 7.78. The van der Waals surface area contributed by atoms with Gasteiger partial charge < -0.3 is 5.32 Å². The van der Waals surface area contributed by atoms with Crippen LogP contribution < -0.4 is 5.32 Å². The number of nitrogens with one attached hydrogen (secondary N) is 1. The summed E-state index contributed by atoms with van der Waals surface area (Å²) in [6, 6.07) is 4.64. The minimum atomic E-state index is 0.314. The summed E-state index contributed by atoms with van der Waals surface area (Å²) in [6.07, 6.45) is 4.96. The molecule has 0 spiro atoms. The predicted octanol–water partition coefficient (Wildman–Crippen LogP) is 2.33. The zero-order chi connectivity index (χ0) is 13.8. The maximum Gasteiger partial charge on any atom is 0.0522 e. The average molecular weight is 258 g/mol. The second-order valence-corrected chi connectivity index (χ2v) is 5.02. The highest BCUT2D eigenvalue weighted by atomic mass is 15.2. The quantitative estimate of drug-likeness (QED) is 0.895. The van der Waals surface area contributed by atoms with E-state index in [4.69, 9.17) is 0 Å². The summed E-state index contributed by atoms with van der Waals surface area (Å²) in [7, 11) is 1.95. The van der Waals surface area contributed by atoms with Crippen LogP contribution in [0, 0.1) is 13.8 Å². The van der Waals surface area contributed by atoms with Gasteiger partial charge in [0, 0.05) is 30.7 Å². The molecule has 19 heavy (non-hydrogen) atoms. The Balaban J connectivity index is 2.23. The van der Waals surface area contributed by atoms with Crippen molar-refractivity contribution in [3.8, 4) is 0 Å². The van der Waals surface area contributed by atoms with E-state index < -0.39 is 0 Å². The van der Waals surface area contributed by atoms with Crippen LogP contribution in [0.15, 0.2) is 24.5 Å². The number of aromatic nitrogens is 3.